The predicted molar refractivity (Wildman–Crippen MR) is 68.4 cm³/mol. The summed E-state index contributed by atoms with van der Waals surface area (Å²) in [7, 11) is 0. The summed E-state index contributed by atoms with van der Waals surface area (Å²) in [6.45, 7) is 4.95. The largest absolute Gasteiger partial charge is 0.478 e. The summed E-state index contributed by atoms with van der Waals surface area (Å²) in [5.74, 6) is -2.04. The molecule has 0 amide bonds. The van der Waals surface area contributed by atoms with E-state index in [1.165, 1.54) is 12.1 Å². The molecule has 3 N–H and O–H groups in total. The van der Waals surface area contributed by atoms with Gasteiger partial charge in [0.05, 0.1) is 16.9 Å². The molecule has 1 saturated heterocycles. The van der Waals surface area contributed by atoms with E-state index < -0.39 is 11.8 Å². The number of carboxylic acid groups (broad SMARTS) is 1. The Hall–Kier alpha value is -1.78. The smallest absolute Gasteiger partial charge is 0.338 e. The number of nitrogens with zero attached hydrogens (tertiary/aromatic N) is 1. The standard InChI is InChI=1S/C13H17FN2O2/c1-13(2)4-3-5-16(13)11-7-9(14)8(12(17)18)6-10(11)15/h6-7H,3-5,15H2,1-2H3,(H,17,18). The van der Waals surface area contributed by atoms with Crippen molar-refractivity contribution in [3.8, 4) is 0 Å². The van der Waals surface area contributed by atoms with Gasteiger partial charge in [-0.15, -0.1) is 0 Å². The molecule has 18 heavy (non-hydrogen) atoms. The van der Waals surface area contributed by atoms with Gasteiger partial charge in [-0.1, -0.05) is 0 Å². The summed E-state index contributed by atoms with van der Waals surface area (Å²) in [4.78, 5) is 12.9. The molecule has 1 aliphatic heterocycles. The van der Waals surface area contributed by atoms with Crippen molar-refractivity contribution in [2.45, 2.75) is 32.2 Å². The number of hydrogen-bond donors (Lipinski definition) is 2. The van der Waals surface area contributed by atoms with Crippen molar-refractivity contribution in [1.29, 1.82) is 0 Å². The van der Waals surface area contributed by atoms with Gasteiger partial charge in [-0.05, 0) is 32.8 Å². The Bertz CT molecular complexity index is 500. The zero-order valence-corrected chi connectivity index (χ0v) is 10.5. The number of rotatable bonds is 2. The Labute approximate surface area is 105 Å². The number of halogens is 1. The Balaban J connectivity index is 2.47. The fraction of sp³-hybridized carbons (Fsp3) is 0.462. The van der Waals surface area contributed by atoms with E-state index in [0.29, 0.717) is 11.4 Å². The average molecular weight is 252 g/mol. The van der Waals surface area contributed by atoms with Gasteiger partial charge in [-0.3, -0.25) is 0 Å². The highest BCUT2D eigenvalue weighted by Gasteiger charge is 2.33. The summed E-state index contributed by atoms with van der Waals surface area (Å²) in [5.41, 5.74) is 6.29. The molecule has 4 nitrogen and oxygen atoms in total. The van der Waals surface area contributed by atoms with Gasteiger partial charge < -0.3 is 15.7 Å². The van der Waals surface area contributed by atoms with E-state index in [9.17, 15) is 9.18 Å². The van der Waals surface area contributed by atoms with Crippen LogP contribution in [0.3, 0.4) is 0 Å². The molecule has 5 heteroatoms. The summed E-state index contributed by atoms with van der Waals surface area (Å²) >= 11 is 0. The summed E-state index contributed by atoms with van der Waals surface area (Å²) in [6.07, 6.45) is 2.03. The number of nitrogen functional groups attached to an aromatic ring is 1. The van der Waals surface area contributed by atoms with Crippen LogP contribution in [-0.4, -0.2) is 23.2 Å². The van der Waals surface area contributed by atoms with Crippen LogP contribution in [0, 0.1) is 5.82 Å². The van der Waals surface area contributed by atoms with Crippen LogP contribution in [0.5, 0.6) is 0 Å². The third-order valence-corrected chi connectivity index (χ3v) is 3.54. The van der Waals surface area contributed by atoms with Crippen LogP contribution in [0.25, 0.3) is 0 Å². The van der Waals surface area contributed by atoms with E-state index in [-0.39, 0.29) is 11.1 Å². The predicted octanol–water partition coefficient (Wildman–Crippen LogP) is 2.48. The SMILES string of the molecule is CC1(C)CCCN1c1cc(F)c(C(=O)O)cc1N. The second-order valence-electron chi connectivity index (χ2n) is 5.26. The first-order valence-corrected chi connectivity index (χ1v) is 5.93. The monoisotopic (exact) mass is 252 g/mol. The van der Waals surface area contributed by atoms with Gasteiger partial charge in [-0.25, -0.2) is 9.18 Å². The summed E-state index contributed by atoms with van der Waals surface area (Å²) < 4.78 is 13.7. The molecule has 1 aliphatic rings. The van der Waals surface area contributed by atoms with Crippen LogP contribution in [0.4, 0.5) is 15.8 Å². The molecule has 0 aromatic heterocycles. The summed E-state index contributed by atoms with van der Waals surface area (Å²) in [6, 6.07) is 2.42. The molecule has 98 valence electrons. The van der Waals surface area contributed by atoms with Gasteiger partial charge in [0.1, 0.15) is 5.82 Å². The second-order valence-corrected chi connectivity index (χ2v) is 5.26. The van der Waals surface area contributed by atoms with Crippen molar-refractivity contribution in [3.63, 3.8) is 0 Å². The molecule has 1 fully saturated rings. The Morgan fingerprint density at radius 3 is 2.67 bits per heavy atom. The molecule has 1 heterocycles. The number of hydrogen-bond acceptors (Lipinski definition) is 3. The molecule has 0 unspecified atom stereocenters. The Morgan fingerprint density at radius 1 is 1.50 bits per heavy atom. The van der Waals surface area contributed by atoms with Crippen molar-refractivity contribution in [3.05, 3.63) is 23.5 Å². The normalized spacial score (nSPS) is 18.1. The van der Waals surface area contributed by atoms with Crippen molar-refractivity contribution >= 4 is 17.3 Å². The quantitative estimate of drug-likeness (QED) is 0.793. The molecule has 0 spiro atoms. The third-order valence-electron chi connectivity index (χ3n) is 3.54. The number of nitrogens with two attached hydrogens (primary N) is 1. The minimum atomic E-state index is -1.30. The van der Waals surface area contributed by atoms with Crippen LogP contribution in [0.2, 0.25) is 0 Å². The minimum Gasteiger partial charge on any atom is -0.478 e. The molecule has 0 aliphatic carbocycles. The fourth-order valence-corrected chi connectivity index (χ4v) is 2.53. The zero-order valence-electron chi connectivity index (χ0n) is 10.5. The van der Waals surface area contributed by atoms with Gasteiger partial charge in [-0.2, -0.15) is 0 Å². The maximum atomic E-state index is 13.7. The molecule has 0 saturated carbocycles. The molecule has 0 atom stereocenters. The van der Waals surface area contributed by atoms with Gasteiger partial charge in [0, 0.05) is 18.2 Å². The minimum absolute atomic E-state index is 0.0781. The highest BCUT2D eigenvalue weighted by Crippen LogP contribution is 2.37. The van der Waals surface area contributed by atoms with E-state index in [1.807, 2.05) is 4.90 Å². The maximum Gasteiger partial charge on any atom is 0.338 e. The van der Waals surface area contributed by atoms with E-state index >= 15 is 0 Å². The van der Waals surface area contributed by atoms with E-state index in [4.69, 9.17) is 10.8 Å². The van der Waals surface area contributed by atoms with Crippen LogP contribution in [-0.2, 0) is 0 Å². The van der Waals surface area contributed by atoms with Crippen molar-refractivity contribution in [2.75, 3.05) is 17.2 Å². The fourth-order valence-electron chi connectivity index (χ4n) is 2.53. The molecule has 1 aromatic carbocycles. The summed E-state index contributed by atoms with van der Waals surface area (Å²) in [5, 5.41) is 8.84. The molecule has 0 radical (unpaired) electrons. The zero-order chi connectivity index (χ0) is 13.5. The third kappa shape index (κ3) is 2.00. The van der Waals surface area contributed by atoms with E-state index in [1.54, 1.807) is 0 Å². The lowest BCUT2D eigenvalue weighted by Crippen LogP contribution is -2.38. The number of benzene rings is 1. The Morgan fingerprint density at radius 2 is 2.17 bits per heavy atom. The van der Waals surface area contributed by atoms with E-state index in [0.717, 1.165) is 19.4 Å². The number of aromatic carboxylic acids is 1. The lowest BCUT2D eigenvalue weighted by atomic mass is 10.0. The van der Waals surface area contributed by atoms with E-state index in [2.05, 4.69) is 13.8 Å². The van der Waals surface area contributed by atoms with Crippen LogP contribution < -0.4 is 10.6 Å². The highest BCUT2D eigenvalue weighted by molar-refractivity contribution is 5.91. The topological polar surface area (TPSA) is 66.6 Å². The number of anilines is 2. The molecular weight excluding hydrogens is 235 g/mol. The average Bonchev–Trinajstić information content (AvgIpc) is 2.60. The van der Waals surface area contributed by atoms with Crippen LogP contribution in [0.15, 0.2) is 12.1 Å². The maximum absolute atomic E-state index is 13.7. The van der Waals surface area contributed by atoms with Gasteiger partial charge in [0.2, 0.25) is 0 Å². The van der Waals surface area contributed by atoms with Crippen LogP contribution in [0.1, 0.15) is 37.0 Å². The van der Waals surface area contributed by atoms with Crippen LogP contribution >= 0.6 is 0 Å². The van der Waals surface area contributed by atoms with Gasteiger partial charge in [0.25, 0.3) is 0 Å². The molecular formula is C13H17FN2O2. The highest BCUT2D eigenvalue weighted by atomic mass is 19.1. The number of carboxylic acids is 1. The van der Waals surface area contributed by atoms with Crippen molar-refractivity contribution < 1.29 is 14.3 Å². The first-order valence-electron chi connectivity index (χ1n) is 5.93. The lowest BCUT2D eigenvalue weighted by Gasteiger charge is -2.34. The van der Waals surface area contributed by atoms with Gasteiger partial charge >= 0.3 is 5.97 Å². The Kier molecular flexibility index (Phi) is 2.92. The lowest BCUT2D eigenvalue weighted by molar-refractivity contribution is 0.0692. The van der Waals surface area contributed by atoms with Crippen molar-refractivity contribution in [1.82, 2.24) is 0 Å². The first kappa shape index (κ1) is 12.7. The molecule has 2 rings (SSSR count). The van der Waals surface area contributed by atoms with Gasteiger partial charge in [0.15, 0.2) is 0 Å². The first-order chi connectivity index (χ1) is 8.33. The molecule has 1 aromatic rings. The molecule has 0 bridgehead atoms. The number of carbonyl (C=O) groups is 1. The second kappa shape index (κ2) is 4.15. The van der Waals surface area contributed by atoms with Crippen molar-refractivity contribution in [2.24, 2.45) is 0 Å².